The highest BCUT2D eigenvalue weighted by Crippen LogP contribution is 2.32. The molecular formula is C25H18O4. The fourth-order valence-corrected chi connectivity index (χ4v) is 2.51. The van der Waals surface area contributed by atoms with Crippen LogP contribution in [0.5, 0.6) is 11.5 Å². The van der Waals surface area contributed by atoms with E-state index in [0.717, 1.165) is 11.1 Å². The Labute approximate surface area is 170 Å². The van der Waals surface area contributed by atoms with Crippen LogP contribution in [0.1, 0.15) is 22.3 Å². The van der Waals surface area contributed by atoms with Gasteiger partial charge in [-0.25, -0.2) is 4.79 Å². The summed E-state index contributed by atoms with van der Waals surface area (Å²) < 4.78 is 15.3. The van der Waals surface area contributed by atoms with Gasteiger partial charge in [0.25, 0.3) is 0 Å². The molecule has 0 aromatic heterocycles. The first-order valence-corrected chi connectivity index (χ1v) is 8.81. The van der Waals surface area contributed by atoms with Crippen LogP contribution < -0.4 is 9.47 Å². The third-order valence-corrected chi connectivity index (χ3v) is 3.86. The van der Waals surface area contributed by atoms with Crippen molar-refractivity contribution >= 4 is 6.16 Å². The second-order valence-corrected chi connectivity index (χ2v) is 5.84. The molecule has 0 amide bonds. The average molecular weight is 382 g/mol. The van der Waals surface area contributed by atoms with Crippen molar-refractivity contribution in [3.63, 3.8) is 0 Å². The van der Waals surface area contributed by atoms with Crippen molar-refractivity contribution in [1.29, 1.82) is 0 Å². The lowest BCUT2D eigenvalue weighted by Gasteiger charge is -2.11. The van der Waals surface area contributed by atoms with E-state index in [1.54, 1.807) is 12.1 Å². The molecule has 0 bridgehead atoms. The maximum absolute atomic E-state index is 11.7. The minimum atomic E-state index is -0.849. The third-order valence-electron chi connectivity index (χ3n) is 3.86. The van der Waals surface area contributed by atoms with Gasteiger partial charge in [-0.15, -0.1) is 0 Å². The molecule has 0 saturated heterocycles. The Hall–Kier alpha value is -4.15. The molecule has 0 aliphatic heterocycles. The van der Waals surface area contributed by atoms with E-state index in [0.29, 0.717) is 16.9 Å². The van der Waals surface area contributed by atoms with Crippen molar-refractivity contribution in [3.05, 3.63) is 95.1 Å². The Bertz CT molecular complexity index is 1110. The SMILES string of the molecule is COC(=O)Oc1cc(C#Cc2ccccc2)cc(C#Cc2ccccc2)c1OC. The van der Waals surface area contributed by atoms with E-state index < -0.39 is 6.16 Å². The molecule has 4 nitrogen and oxygen atoms in total. The highest BCUT2D eigenvalue weighted by molar-refractivity contribution is 5.69. The van der Waals surface area contributed by atoms with Gasteiger partial charge in [-0.3, -0.25) is 0 Å². The molecule has 0 fully saturated rings. The zero-order valence-corrected chi connectivity index (χ0v) is 16.1. The topological polar surface area (TPSA) is 44.8 Å². The van der Waals surface area contributed by atoms with Gasteiger partial charge in [-0.2, -0.15) is 0 Å². The molecule has 0 N–H and O–H groups in total. The summed E-state index contributed by atoms with van der Waals surface area (Å²) in [6, 6.07) is 22.6. The Morgan fingerprint density at radius 2 is 1.28 bits per heavy atom. The highest BCUT2D eigenvalue weighted by Gasteiger charge is 2.15. The van der Waals surface area contributed by atoms with Crippen molar-refractivity contribution in [3.8, 4) is 35.2 Å². The quantitative estimate of drug-likeness (QED) is 0.368. The Kier molecular flexibility index (Phi) is 6.55. The smallest absolute Gasteiger partial charge is 0.492 e. The van der Waals surface area contributed by atoms with Gasteiger partial charge in [0.2, 0.25) is 0 Å². The van der Waals surface area contributed by atoms with Gasteiger partial charge in [0.05, 0.1) is 19.8 Å². The van der Waals surface area contributed by atoms with Crippen LogP contribution in [0.3, 0.4) is 0 Å². The van der Waals surface area contributed by atoms with Crippen LogP contribution in [-0.4, -0.2) is 20.4 Å². The molecule has 0 radical (unpaired) electrons. The summed E-state index contributed by atoms with van der Waals surface area (Å²) in [6.45, 7) is 0. The highest BCUT2D eigenvalue weighted by atomic mass is 16.7. The molecule has 4 heteroatoms. The average Bonchev–Trinajstić information content (AvgIpc) is 2.77. The number of hydrogen-bond donors (Lipinski definition) is 0. The summed E-state index contributed by atoms with van der Waals surface area (Å²) in [7, 11) is 2.73. The van der Waals surface area contributed by atoms with Gasteiger partial charge in [0, 0.05) is 22.8 Å². The number of ether oxygens (including phenoxy) is 3. The van der Waals surface area contributed by atoms with E-state index >= 15 is 0 Å². The molecule has 0 heterocycles. The second-order valence-electron chi connectivity index (χ2n) is 5.84. The first-order chi connectivity index (χ1) is 14.2. The van der Waals surface area contributed by atoms with Gasteiger partial charge >= 0.3 is 6.16 Å². The lowest BCUT2D eigenvalue weighted by molar-refractivity contribution is 0.120. The lowest BCUT2D eigenvalue weighted by Crippen LogP contribution is -2.09. The van der Waals surface area contributed by atoms with Crippen LogP contribution in [0.25, 0.3) is 0 Å². The number of rotatable bonds is 2. The first kappa shape index (κ1) is 19.6. The van der Waals surface area contributed by atoms with E-state index in [1.807, 2.05) is 60.7 Å². The van der Waals surface area contributed by atoms with Crippen LogP contribution in [-0.2, 0) is 4.74 Å². The summed E-state index contributed by atoms with van der Waals surface area (Å²) in [4.78, 5) is 11.7. The van der Waals surface area contributed by atoms with Crippen molar-refractivity contribution in [2.75, 3.05) is 14.2 Å². The maximum Gasteiger partial charge on any atom is 0.513 e. The largest absolute Gasteiger partial charge is 0.513 e. The summed E-state index contributed by atoms with van der Waals surface area (Å²) in [5, 5.41) is 0. The lowest BCUT2D eigenvalue weighted by atomic mass is 10.1. The van der Waals surface area contributed by atoms with E-state index in [2.05, 4.69) is 28.4 Å². The molecular weight excluding hydrogens is 364 g/mol. The zero-order valence-electron chi connectivity index (χ0n) is 16.1. The van der Waals surface area contributed by atoms with Gasteiger partial charge in [-0.1, -0.05) is 60.1 Å². The molecule has 3 aromatic carbocycles. The number of benzene rings is 3. The van der Waals surface area contributed by atoms with Crippen LogP contribution in [0.15, 0.2) is 72.8 Å². The molecule has 3 rings (SSSR count). The predicted octanol–water partition coefficient (Wildman–Crippen LogP) is 4.64. The third kappa shape index (κ3) is 5.42. The standard InChI is InChI=1S/C25H18O4/c1-27-24-22(16-15-20-11-7-4-8-12-20)17-21(18-23(24)29-25(26)28-2)14-13-19-9-5-3-6-10-19/h3-12,17-18H,1-2H3. The van der Waals surface area contributed by atoms with E-state index in [4.69, 9.17) is 9.47 Å². The fraction of sp³-hybridized carbons (Fsp3) is 0.0800. The Morgan fingerprint density at radius 1 is 0.724 bits per heavy atom. The number of methoxy groups -OCH3 is 2. The molecule has 0 aliphatic rings. The first-order valence-electron chi connectivity index (χ1n) is 8.81. The van der Waals surface area contributed by atoms with E-state index in [-0.39, 0.29) is 5.75 Å². The second kappa shape index (κ2) is 9.69. The van der Waals surface area contributed by atoms with Crippen molar-refractivity contribution < 1.29 is 19.0 Å². The molecule has 3 aromatic rings. The van der Waals surface area contributed by atoms with Crippen LogP contribution in [0.2, 0.25) is 0 Å². The Balaban J connectivity index is 2.07. The molecule has 0 atom stereocenters. The van der Waals surface area contributed by atoms with Crippen LogP contribution in [0, 0.1) is 23.7 Å². The van der Waals surface area contributed by atoms with Crippen LogP contribution >= 0.6 is 0 Å². The Morgan fingerprint density at radius 3 is 1.83 bits per heavy atom. The van der Waals surface area contributed by atoms with E-state index in [1.165, 1.54) is 14.2 Å². The summed E-state index contributed by atoms with van der Waals surface area (Å²) >= 11 is 0. The summed E-state index contributed by atoms with van der Waals surface area (Å²) in [5.41, 5.74) is 2.91. The molecule has 0 saturated carbocycles. The minimum Gasteiger partial charge on any atom is -0.492 e. The summed E-state index contributed by atoms with van der Waals surface area (Å²) in [5.74, 6) is 12.8. The molecule has 0 unspecified atom stereocenters. The number of carbonyl (C=O) groups excluding carboxylic acids is 1. The zero-order chi connectivity index (χ0) is 20.5. The van der Waals surface area contributed by atoms with Gasteiger partial charge in [-0.05, 0) is 30.3 Å². The van der Waals surface area contributed by atoms with Gasteiger partial charge < -0.3 is 14.2 Å². The van der Waals surface area contributed by atoms with E-state index in [9.17, 15) is 4.79 Å². The molecule has 29 heavy (non-hydrogen) atoms. The van der Waals surface area contributed by atoms with Gasteiger partial charge in [0.1, 0.15) is 0 Å². The van der Waals surface area contributed by atoms with Gasteiger partial charge in [0.15, 0.2) is 11.5 Å². The fourth-order valence-electron chi connectivity index (χ4n) is 2.51. The minimum absolute atomic E-state index is 0.191. The van der Waals surface area contributed by atoms with Crippen molar-refractivity contribution in [2.45, 2.75) is 0 Å². The summed E-state index contributed by atoms with van der Waals surface area (Å²) in [6.07, 6.45) is -0.849. The molecule has 0 spiro atoms. The number of carbonyl (C=O) groups is 1. The normalized spacial score (nSPS) is 9.31. The number of hydrogen-bond acceptors (Lipinski definition) is 4. The molecule has 0 aliphatic carbocycles. The predicted molar refractivity (Wildman–Crippen MR) is 111 cm³/mol. The molecule has 142 valence electrons. The van der Waals surface area contributed by atoms with Crippen molar-refractivity contribution in [1.82, 2.24) is 0 Å². The van der Waals surface area contributed by atoms with Crippen LogP contribution in [0.4, 0.5) is 4.79 Å². The maximum atomic E-state index is 11.7. The van der Waals surface area contributed by atoms with Crippen molar-refractivity contribution in [2.24, 2.45) is 0 Å². The monoisotopic (exact) mass is 382 g/mol.